The van der Waals surface area contributed by atoms with Gasteiger partial charge in [-0.2, -0.15) is 0 Å². The van der Waals surface area contributed by atoms with E-state index in [0.29, 0.717) is 6.20 Å². The molecule has 9 heteroatoms. The molecule has 2 N–H and O–H groups in total. The number of hydrogen-bond donors (Lipinski definition) is 2. The summed E-state index contributed by atoms with van der Waals surface area (Å²) in [6.07, 6.45) is 1.48. The van der Waals surface area contributed by atoms with Crippen molar-refractivity contribution < 1.29 is 28.5 Å². The lowest BCUT2D eigenvalue weighted by Gasteiger charge is -2.09. The van der Waals surface area contributed by atoms with Crippen LogP contribution in [0.2, 0.25) is 5.15 Å². The van der Waals surface area contributed by atoms with Gasteiger partial charge in [-0.1, -0.05) is 11.6 Å². The van der Waals surface area contributed by atoms with Crippen LogP contribution in [0.5, 0.6) is 0 Å². The maximum Gasteiger partial charge on any atom is 0.343 e. The molecule has 0 aliphatic carbocycles. The van der Waals surface area contributed by atoms with Gasteiger partial charge >= 0.3 is 5.97 Å². The molecular formula is C14H15ClF2N2O4. The van der Waals surface area contributed by atoms with E-state index in [1.54, 1.807) is 0 Å². The van der Waals surface area contributed by atoms with Gasteiger partial charge in [-0.05, 0) is 13.8 Å². The number of aromatic nitrogens is 1. The van der Waals surface area contributed by atoms with Crippen LogP contribution in [0, 0.1) is 11.6 Å². The maximum atomic E-state index is 13.9. The lowest BCUT2D eigenvalue weighted by Crippen LogP contribution is -2.14. The van der Waals surface area contributed by atoms with Crippen LogP contribution < -0.4 is 0 Å². The van der Waals surface area contributed by atoms with Crippen LogP contribution in [0.3, 0.4) is 0 Å². The first-order valence-electron chi connectivity index (χ1n) is 6.57. The van der Waals surface area contributed by atoms with Crippen LogP contribution in [-0.4, -0.2) is 46.6 Å². The monoisotopic (exact) mass is 348 g/mol. The summed E-state index contributed by atoms with van der Waals surface area (Å²) >= 11 is 5.46. The summed E-state index contributed by atoms with van der Waals surface area (Å²) in [6, 6.07) is -0.594. The average Bonchev–Trinajstić information content (AvgIpc) is 2.51. The molecule has 126 valence electrons. The number of pyridine rings is 1. The summed E-state index contributed by atoms with van der Waals surface area (Å²) in [4.78, 5) is 18.9. The minimum atomic E-state index is -1.32. The fourth-order valence-corrected chi connectivity index (χ4v) is 1.61. The first-order chi connectivity index (χ1) is 10.8. The SMILES string of the molecule is CCOC(=O)/C(C=NC(C)CO)=C(\O)c1c(F)cnc(Cl)c1F. The number of carbonyl (C=O) groups is 1. The van der Waals surface area contributed by atoms with E-state index >= 15 is 0 Å². The van der Waals surface area contributed by atoms with E-state index in [1.807, 2.05) is 0 Å². The van der Waals surface area contributed by atoms with Gasteiger partial charge in [0.25, 0.3) is 0 Å². The number of halogens is 3. The van der Waals surface area contributed by atoms with Gasteiger partial charge in [-0.25, -0.2) is 18.6 Å². The molecule has 0 aromatic carbocycles. The second-order valence-electron chi connectivity index (χ2n) is 4.38. The Labute approximate surface area is 136 Å². The van der Waals surface area contributed by atoms with Crippen LogP contribution in [0.4, 0.5) is 8.78 Å². The number of nitrogens with zero attached hydrogens (tertiary/aromatic N) is 2. The number of carbonyl (C=O) groups excluding carboxylic acids is 1. The molecule has 0 radical (unpaired) electrons. The fraction of sp³-hybridized carbons (Fsp3) is 0.357. The fourth-order valence-electron chi connectivity index (χ4n) is 1.46. The van der Waals surface area contributed by atoms with Crippen molar-refractivity contribution in [2.45, 2.75) is 19.9 Å². The average molecular weight is 349 g/mol. The van der Waals surface area contributed by atoms with Crippen molar-refractivity contribution in [1.29, 1.82) is 0 Å². The smallest absolute Gasteiger partial charge is 0.343 e. The molecular weight excluding hydrogens is 334 g/mol. The van der Waals surface area contributed by atoms with Gasteiger partial charge in [0.05, 0.1) is 31.0 Å². The number of aliphatic imine (C=N–C) groups is 1. The summed E-state index contributed by atoms with van der Waals surface area (Å²) < 4.78 is 32.4. The Balaban J connectivity index is 3.48. The topological polar surface area (TPSA) is 92.0 Å². The largest absolute Gasteiger partial charge is 0.506 e. The Hall–Kier alpha value is -2.06. The molecule has 1 unspecified atom stereocenters. The zero-order chi connectivity index (χ0) is 17.6. The second kappa shape index (κ2) is 8.54. The van der Waals surface area contributed by atoms with Crippen molar-refractivity contribution in [2.24, 2.45) is 4.99 Å². The van der Waals surface area contributed by atoms with E-state index in [2.05, 4.69) is 9.98 Å². The quantitative estimate of drug-likeness (QED) is 0.270. The summed E-state index contributed by atoms with van der Waals surface area (Å²) in [5, 5.41) is 18.4. The lowest BCUT2D eigenvalue weighted by atomic mass is 10.1. The molecule has 1 rings (SSSR count). The minimum Gasteiger partial charge on any atom is -0.506 e. The number of ether oxygens (including phenoxy) is 1. The van der Waals surface area contributed by atoms with Gasteiger partial charge < -0.3 is 14.9 Å². The van der Waals surface area contributed by atoms with E-state index in [9.17, 15) is 18.7 Å². The molecule has 0 saturated heterocycles. The highest BCUT2D eigenvalue weighted by atomic mass is 35.5. The van der Waals surface area contributed by atoms with Crippen LogP contribution in [0.25, 0.3) is 5.76 Å². The molecule has 1 aromatic heterocycles. The van der Waals surface area contributed by atoms with Gasteiger partial charge in [-0.3, -0.25) is 4.99 Å². The normalized spacial score (nSPS) is 13.8. The molecule has 0 aliphatic rings. The highest BCUT2D eigenvalue weighted by Crippen LogP contribution is 2.26. The standard InChI is InChI=1S/C14H15ClF2N2O4/c1-3-23-14(22)8(4-18-7(2)6-20)12(21)10-9(16)5-19-13(15)11(10)17/h4-5,7,20-21H,3,6H2,1-2H3/b12-8-,18-4?. The van der Waals surface area contributed by atoms with Gasteiger partial charge in [0.1, 0.15) is 11.3 Å². The minimum absolute atomic E-state index is 0.0267. The molecule has 0 spiro atoms. The number of rotatable bonds is 6. The maximum absolute atomic E-state index is 13.9. The predicted octanol–water partition coefficient (Wildman–Crippen LogP) is 2.30. The molecule has 0 aliphatic heterocycles. The first-order valence-corrected chi connectivity index (χ1v) is 6.95. The van der Waals surface area contributed by atoms with Crippen LogP contribution in [0.1, 0.15) is 19.4 Å². The molecule has 1 atom stereocenters. The third-order valence-corrected chi connectivity index (χ3v) is 2.90. The van der Waals surface area contributed by atoms with E-state index in [0.717, 1.165) is 6.21 Å². The summed E-state index contributed by atoms with van der Waals surface area (Å²) in [7, 11) is 0. The Morgan fingerprint density at radius 3 is 2.78 bits per heavy atom. The summed E-state index contributed by atoms with van der Waals surface area (Å²) in [6.45, 7) is 2.70. The molecule has 0 bridgehead atoms. The van der Waals surface area contributed by atoms with E-state index in [4.69, 9.17) is 21.4 Å². The zero-order valence-electron chi connectivity index (χ0n) is 12.4. The van der Waals surface area contributed by atoms with Crippen molar-refractivity contribution in [1.82, 2.24) is 4.98 Å². The van der Waals surface area contributed by atoms with Gasteiger partial charge in [-0.15, -0.1) is 0 Å². The molecule has 1 heterocycles. The van der Waals surface area contributed by atoms with Crippen molar-refractivity contribution in [2.75, 3.05) is 13.2 Å². The Bertz CT molecular complexity index is 650. The van der Waals surface area contributed by atoms with Crippen LogP contribution >= 0.6 is 11.6 Å². The van der Waals surface area contributed by atoms with Gasteiger partial charge in [0, 0.05) is 6.21 Å². The molecule has 1 aromatic rings. The number of esters is 1. The number of hydrogen-bond acceptors (Lipinski definition) is 6. The molecule has 6 nitrogen and oxygen atoms in total. The first kappa shape index (κ1) is 19.0. The van der Waals surface area contributed by atoms with Crippen LogP contribution in [-0.2, 0) is 9.53 Å². The van der Waals surface area contributed by atoms with E-state index in [-0.39, 0.29) is 13.2 Å². The molecule has 23 heavy (non-hydrogen) atoms. The molecule has 0 amide bonds. The zero-order valence-corrected chi connectivity index (χ0v) is 13.1. The van der Waals surface area contributed by atoms with E-state index in [1.165, 1.54) is 13.8 Å². The summed E-state index contributed by atoms with van der Waals surface area (Å²) in [5.41, 5.74) is -1.50. The Kier molecular flexibility index (Phi) is 7.05. The highest BCUT2D eigenvalue weighted by Gasteiger charge is 2.24. The van der Waals surface area contributed by atoms with Crippen molar-refractivity contribution >= 4 is 29.5 Å². The number of aliphatic hydroxyl groups is 2. The molecule has 0 saturated carbocycles. The summed E-state index contributed by atoms with van der Waals surface area (Å²) in [5.74, 6) is -4.60. The van der Waals surface area contributed by atoms with Gasteiger partial charge in [0.15, 0.2) is 16.8 Å². The lowest BCUT2D eigenvalue weighted by molar-refractivity contribution is -0.137. The third kappa shape index (κ3) is 4.70. The van der Waals surface area contributed by atoms with E-state index < -0.39 is 45.7 Å². The van der Waals surface area contributed by atoms with Crippen molar-refractivity contribution in [3.05, 3.63) is 34.1 Å². The number of aliphatic hydroxyl groups excluding tert-OH is 2. The molecule has 0 fully saturated rings. The Morgan fingerprint density at radius 1 is 1.57 bits per heavy atom. The highest BCUT2D eigenvalue weighted by molar-refractivity contribution is 6.29. The van der Waals surface area contributed by atoms with Crippen molar-refractivity contribution in [3.8, 4) is 0 Å². The second-order valence-corrected chi connectivity index (χ2v) is 4.74. The third-order valence-electron chi connectivity index (χ3n) is 2.64. The van der Waals surface area contributed by atoms with Crippen molar-refractivity contribution in [3.63, 3.8) is 0 Å². The van der Waals surface area contributed by atoms with Crippen LogP contribution in [0.15, 0.2) is 16.8 Å². The predicted molar refractivity (Wildman–Crippen MR) is 80.4 cm³/mol. The van der Waals surface area contributed by atoms with Gasteiger partial charge in [0.2, 0.25) is 0 Å². The Morgan fingerprint density at radius 2 is 2.22 bits per heavy atom.